The third-order valence-corrected chi connectivity index (χ3v) is 4.11. The second kappa shape index (κ2) is 6.87. The molecule has 21 heavy (non-hydrogen) atoms. The Labute approximate surface area is 132 Å². The molecule has 1 saturated heterocycles. The van der Waals surface area contributed by atoms with E-state index >= 15 is 0 Å². The molecule has 1 aliphatic rings. The van der Waals surface area contributed by atoms with E-state index in [2.05, 4.69) is 48.2 Å². The Hall–Kier alpha value is -1.66. The Morgan fingerprint density at radius 2 is 1.90 bits per heavy atom. The summed E-state index contributed by atoms with van der Waals surface area (Å²) in [5.74, 6) is 1.74. The van der Waals surface area contributed by atoms with Crippen LogP contribution in [0.4, 0.5) is 11.6 Å². The van der Waals surface area contributed by atoms with Crippen molar-refractivity contribution in [1.29, 1.82) is 0 Å². The molecule has 1 aromatic carbocycles. The summed E-state index contributed by atoms with van der Waals surface area (Å²) in [5.41, 5.74) is 1.22. The van der Waals surface area contributed by atoms with E-state index in [1.807, 2.05) is 18.2 Å². The first-order valence-corrected chi connectivity index (χ1v) is 7.75. The van der Waals surface area contributed by atoms with Crippen molar-refractivity contribution in [3.8, 4) is 0 Å². The highest BCUT2D eigenvalue weighted by Crippen LogP contribution is 2.30. The van der Waals surface area contributed by atoms with Gasteiger partial charge in [0.05, 0.1) is 13.2 Å². The first-order chi connectivity index (χ1) is 10.3. The van der Waals surface area contributed by atoms with Crippen molar-refractivity contribution in [3.63, 3.8) is 0 Å². The topological polar surface area (TPSA) is 50.3 Å². The molecule has 1 fully saturated rings. The third-order valence-electron chi connectivity index (χ3n) is 3.38. The van der Waals surface area contributed by atoms with Gasteiger partial charge in [-0.1, -0.05) is 30.3 Å². The Kier molecular flexibility index (Phi) is 4.67. The first kappa shape index (κ1) is 14.3. The van der Waals surface area contributed by atoms with E-state index in [0.29, 0.717) is 0 Å². The lowest BCUT2D eigenvalue weighted by atomic mass is 10.2. The number of rotatable bonds is 4. The first-order valence-electron chi connectivity index (χ1n) is 6.95. The smallest absolute Gasteiger partial charge is 0.148 e. The van der Waals surface area contributed by atoms with Gasteiger partial charge in [-0.25, -0.2) is 9.97 Å². The zero-order chi connectivity index (χ0) is 14.5. The van der Waals surface area contributed by atoms with Gasteiger partial charge in [-0.2, -0.15) is 0 Å². The van der Waals surface area contributed by atoms with E-state index in [9.17, 15) is 0 Å². The van der Waals surface area contributed by atoms with Crippen molar-refractivity contribution >= 4 is 27.6 Å². The predicted molar refractivity (Wildman–Crippen MR) is 86.5 cm³/mol. The zero-order valence-electron chi connectivity index (χ0n) is 11.6. The van der Waals surface area contributed by atoms with Gasteiger partial charge in [0.1, 0.15) is 22.4 Å². The van der Waals surface area contributed by atoms with E-state index in [4.69, 9.17) is 4.74 Å². The highest BCUT2D eigenvalue weighted by Gasteiger charge is 2.17. The third kappa shape index (κ3) is 3.51. The maximum Gasteiger partial charge on any atom is 0.148 e. The summed E-state index contributed by atoms with van der Waals surface area (Å²) in [7, 11) is 0. The van der Waals surface area contributed by atoms with E-state index in [1.165, 1.54) is 5.56 Å². The number of hydrogen-bond acceptors (Lipinski definition) is 5. The van der Waals surface area contributed by atoms with Crippen molar-refractivity contribution < 1.29 is 4.74 Å². The van der Waals surface area contributed by atoms with E-state index in [0.717, 1.165) is 49.0 Å². The quantitative estimate of drug-likeness (QED) is 0.920. The number of nitrogens with zero attached hydrogens (tertiary/aromatic N) is 3. The molecular formula is C15H17BrN4O. The van der Waals surface area contributed by atoms with Crippen LogP contribution in [0.3, 0.4) is 0 Å². The highest BCUT2D eigenvalue weighted by molar-refractivity contribution is 9.10. The summed E-state index contributed by atoms with van der Waals surface area (Å²) in [4.78, 5) is 10.9. The second-order valence-electron chi connectivity index (χ2n) is 4.80. The van der Waals surface area contributed by atoms with Crippen LogP contribution in [0.5, 0.6) is 0 Å². The number of nitrogens with one attached hydrogen (secondary N) is 1. The molecule has 5 nitrogen and oxygen atoms in total. The van der Waals surface area contributed by atoms with Gasteiger partial charge in [-0.15, -0.1) is 0 Å². The van der Waals surface area contributed by atoms with Gasteiger partial charge < -0.3 is 15.0 Å². The van der Waals surface area contributed by atoms with Crippen molar-refractivity contribution in [3.05, 3.63) is 46.7 Å². The molecule has 2 aromatic rings. The number of ether oxygens (including phenoxy) is 1. The highest BCUT2D eigenvalue weighted by atomic mass is 79.9. The predicted octanol–water partition coefficient (Wildman–Crippen LogP) is 2.69. The summed E-state index contributed by atoms with van der Waals surface area (Å²) in [5, 5.41) is 3.35. The van der Waals surface area contributed by atoms with Gasteiger partial charge in [0.2, 0.25) is 0 Å². The van der Waals surface area contributed by atoms with Crippen molar-refractivity contribution in [2.24, 2.45) is 0 Å². The van der Waals surface area contributed by atoms with Gasteiger partial charge in [0, 0.05) is 19.6 Å². The second-order valence-corrected chi connectivity index (χ2v) is 5.59. The summed E-state index contributed by atoms with van der Waals surface area (Å²) in [6.45, 7) is 3.92. The molecule has 6 heteroatoms. The number of aromatic nitrogens is 2. The molecule has 0 bridgehead atoms. The van der Waals surface area contributed by atoms with E-state index in [-0.39, 0.29) is 0 Å². The molecule has 0 aliphatic carbocycles. The van der Waals surface area contributed by atoms with Crippen LogP contribution in [0, 0.1) is 0 Å². The molecule has 0 spiro atoms. The number of morpholine rings is 1. The molecular weight excluding hydrogens is 332 g/mol. The Morgan fingerprint density at radius 3 is 2.67 bits per heavy atom. The lowest BCUT2D eigenvalue weighted by Crippen LogP contribution is -2.37. The van der Waals surface area contributed by atoms with Crippen LogP contribution >= 0.6 is 15.9 Å². The maximum absolute atomic E-state index is 5.38. The molecule has 0 radical (unpaired) electrons. The minimum absolute atomic E-state index is 0.735. The largest absolute Gasteiger partial charge is 0.378 e. The minimum atomic E-state index is 0.735. The summed E-state index contributed by atoms with van der Waals surface area (Å²) >= 11 is 3.62. The van der Waals surface area contributed by atoms with Gasteiger partial charge >= 0.3 is 0 Å². The number of anilines is 2. The average molecular weight is 349 g/mol. The van der Waals surface area contributed by atoms with Gasteiger partial charge in [-0.3, -0.25) is 0 Å². The fourth-order valence-electron chi connectivity index (χ4n) is 2.26. The molecule has 110 valence electrons. The lowest BCUT2D eigenvalue weighted by Gasteiger charge is -2.28. The van der Waals surface area contributed by atoms with E-state index < -0.39 is 0 Å². The lowest BCUT2D eigenvalue weighted by molar-refractivity contribution is 0.122. The average Bonchev–Trinajstić information content (AvgIpc) is 2.56. The summed E-state index contributed by atoms with van der Waals surface area (Å²) in [6.07, 6.45) is 1.60. The maximum atomic E-state index is 5.38. The number of halogens is 1. The fourth-order valence-corrected chi connectivity index (χ4v) is 2.86. The molecule has 0 amide bonds. The Balaban J connectivity index is 1.73. The van der Waals surface area contributed by atoms with E-state index in [1.54, 1.807) is 6.33 Å². The van der Waals surface area contributed by atoms with Crippen LogP contribution in [-0.4, -0.2) is 36.3 Å². The Bertz CT molecular complexity index is 587. The number of benzene rings is 1. The van der Waals surface area contributed by atoms with Crippen LogP contribution in [-0.2, 0) is 11.3 Å². The van der Waals surface area contributed by atoms with Crippen molar-refractivity contribution in [2.75, 3.05) is 36.5 Å². The molecule has 1 aliphatic heterocycles. The van der Waals surface area contributed by atoms with Gasteiger partial charge in [0.25, 0.3) is 0 Å². The molecule has 1 aromatic heterocycles. The van der Waals surface area contributed by atoms with Crippen LogP contribution in [0.15, 0.2) is 41.1 Å². The SMILES string of the molecule is Brc1c(NCc2ccccc2)ncnc1N1CCOCC1. The van der Waals surface area contributed by atoms with Crippen LogP contribution in [0.2, 0.25) is 0 Å². The van der Waals surface area contributed by atoms with Crippen molar-refractivity contribution in [1.82, 2.24) is 9.97 Å². The van der Waals surface area contributed by atoms with Crippen LogP contribution in [0.1, 0.15) is 5.56 Å². The molecule has 0 unspecified atom stereocenters. The zero-order valence-corrected chi connectivity index (χ0v) is 13.2. The molecule has 1 N–H and O–H groups in total. The molecule has 0 atom stereocenters. The van der Waals surface area contributed by atoms with Crippen LogP contribution in [0.25, 0.3) is 0 Å². The standard InChI is InChI=1S/C15H17BrN4O/c16-13-14(17-10-12-4-2-1-3-5-12)18-11-19-15(13)20-6-8-21-9-7-20/h1-5,11H,6-10H2,(H,17,18,19). The monoisotopic (exact) mass is 348 g/mol. The van der Waals surface area contributed by atoms with Gasteiger partial charge in [-0.05, 0) is 21.5 Å². The number of hydrogen-bond donors (Lipinski definition) is 1. The summed E-state index contributed by atoms with van der Waals surface area (Å²) in [6, 6.07) is 10.3. The van der Waals surface area contributed by atoms with Gasteiger partial charge in [0.15, 0.2) is 0 Å². The fraction of sp³-hybridized carbons (Fsp3) is 0.333. The molecule has 0 saturated carbocycles. The Morgan fingerprint density at radius 1 is 1.14 bits per heavy atom. The summed E-state index contributed by atoms with van der Waals surface area (Å²) < 4.78 is 6.29. The molecule has 2 heterocycles. The molecule has 3 rings (SSSR count). The normalized spacial score (nSPS) is 15.0. The minimum Gasteiger partial charge on any atom is -0.378 e. The van der Waals surface area contributed by atoms with Crippen LogP contribution < -0.4 is 10.2 Å². The van der Waals surface area contributed by atoms with Crippen molar-refractivity contribution in [2.45, 2.75) is 6.54 Å².